The molecule has 1 aromatic heterocycles. The van der Waals surface area contributed by atoms with Crippen LogP contribution < -0.4 is 11.3 Å². The van der Waals surface area contributed by atoms with Gasteiger partial charge < -0.3 is 10.3 Å². The van der Waals surface area contributed by atoms with Crippen LogP contribution in [0.25, 0.3) is 0 Å². The molecule has 1 aromatic rings. The molecular weight excluding hydrogens is 164 g/mol. The van der Waals surface area contributed by atoms with E-state index in [-0.39, 0.29) is 5.56 Å². The van der Waals surface area contributed by atoms with Gasteiger partial charge in [-0.2, -0.15) is 0 Å². The van der Waals surface area contributed by atoms with Crippen LogP contribution in [0.15, 0.2) is 35.3 Å². The Morgan fingerprint density at radius 1 is 1.69 bits per heavy atom. The molecule has 3 heteroatoms. The highest BCUT2D eigenvalue weighted by Crippen LogP contribution is 1.94. The minimum atomic E-state index is -0.00500. The van der Waals surface area contributed by atoms with Crippen LogP contribution in [-0.2, 0) is 6.54 Å². The third kappa shape index (κ3) is 2.56. The van der Waals surface area contributed by atoms with Crippen molar-refractivity contribution in [1.82, 2.24) is 4.57 Å². The second kappa shape index (κ2) is 4.05. The molecule has 3 nitrogen and oxygen atoms in total. The Hall–Kier alpha value is -1.35. The van der Waals surface area contributed by atoms with Crippen LogP contribution in [0.4, 0.5) is 0 Å². The van der Waals surface area contributed by atoms with E-state index in [2.05, 4.69) is 6.58 Å². The Morgan fingerprint density at radius 3 is 2.92 bits per heavy atom. The fourth-order valence-corrected chi connectivity index (χ4v) is 1.04. The quantitative estimate of drug-likeness (QED) is 0.692. The molecule has 0 bridgehead atoms. The average molecular weight is 178 g/mol. The minimum absolute atomic E-state index is 0.00500. The van der Waals surface area contributed by atoms with Crippen LogP contribution in [0.3, 0.4) is 0 Å². The third-order valence-electron chi connectivity index (χ3n) is 1.83. The number of pyridine rings is 1. The molecule has 0 unspecified atom stereocenters. The zero-order valence-corrected chi connectivity index (χ0v) is 7.79. The zero-order chi connectivity index (χ0) is 9.84. The van der Waals surface area contributed by atoms with Crippen LogP contribution in [0, 0.1) is 6.92 Å². The van der Waals surface area contributed by atoms with E-state index in [1.54, 1.807) is 16.8 Å². The van der Waals surface area contributed by atoms with Crippen molar-refractivity contribution < 1.29 is 0 Å². The lowest BCUT2D eigenvalue weighted by Gasteiger charge is -2.06. The van der Waals surface area contributed by atoms with Gasteiger partial charge in [0.1, 0.15) is 0 Å². The van der Waals surface area contributed by atoms with Gasteiger partial charge in [-0.05, 0) is 24.1 Å². The first-order valence-electron chi connectivity index (χ1n) is 4.17. The SMILES string of the molecule is C=C(CN)Cn1ccc(C)cc1=O. The number of nitrogens with zero attached hydrogens (tertiary/aromatic N) is 1. The number of hydrogen-bond donors (Lipinski definition) is 1. The van der Waals surface area contributed by atoms with E-state index >= 15 is 0 Å². The van der Waals surface area contributed by atoms with E-state index in [0.29, 0.717) is 13.1 Å². The molecule has 0 aliphatic heterocycles. The second-order valence-electron chi connectivity index (χ2n) is 3.12. The van der Waals surface area contributed by atoms with E-state index in [1.165, 1.54) is 0 Å². The van der Waals surface area contributed by atoms with Crippen LogP contribution in [-0.4, -0.2) is 11.1 Å². The molecule has 1 heterocycles. The summed E-state index contributed by atoms with van der Waals surface area (Å²) >= 11 is 0. The molecule has 0 atom stereocenters. The molecule has 70 valence electrons. The molecule has 0 fully saturated rings. The summed E-state index contributed by atoms with van der Waals surface area (Å²) in [6.45, 7) is 6.57. The third-order valence-corrected chi connectivity index (χ3v) is 1.83. The topological polar surface area (TPSA) is 48.0 Å². The van der Waals surface area contributed by atoms with Crippen molar-refractivity contribution in [2.24, 2.45) is 5.73 Å². The molecule has 0 saturated heterocycles. The molecular formula is C10H14N2O. The Kier molecular flexibility index (Phi) is 3.03. The maximum Gasteiger partial charge on any atom is 0.251 e. The summed E-state index contributed by atoms with van der Waals surface area (Å²) in [5, 5.41) is 0. The molecule has 0 spiro atoms. The Bertz CT molecular complexity index is 365. The highest BCUT2D eigenvalue weighted by molar-refractivity contribution is 5.09. The number of nitrogens with two attached hydrogens (primary N) is 1. The highest BCUT2D eigenvalue weighted by atomic mass is 16.1. The van der Waals surface area contributed by atoms with Crippen molar-refractivity contribution in [2.45, 2.75) is 13.5 Å². The van der Waals surface area contributed by atoms with E-state index < -0.39 is 0 Å². The molecule has 13 heavy (non-hydrogen) atoms. The smallest absolute Gasteiger partial charge is 0.251 e. The predicted molar refractivity (Wildman–Crippen MR) is 53.6 cm³/mol. The first-order valence-corrected chi connectivity index (χ1v) is 4.17. The van der Waals surface area contributed by atoms with Gasteiger partial charge in [0.05, 0.1) is 0 Å². The summed E-state index contributed by atoms with van der Waals surface area (Å²) in [6, 6.07) is 3.50. The maximum absolute atomic E-state index is 11.4. The van der Waals surface area contributed by atoms with Crippen molar-refractivity contribution in [2.75, 3.05) is 6.54 Å². The van der Waals surface area contributed by atoms with Gasteiger partial charge >= 0.3 is 0 Å². The van der Waals surface area contributed by atoms with Gasteiger partial charge in [-0.3, -0.25) is 4.79 Å². The Morgan fingerprint density at radius 2 is 2.38 bits per heavy atom. The molecule has 0 aliphatic carbocycles. The lowest BCUT2D eigenvalue weighted by atomic mass is 10.2. The predicted octanol–water partition coefficient (Wildman–Crippen LogP) is 0.672. The number of rotatable bonds is 3. The number of hydrogen-bond acceptors (Lipinski definition) is 2. The molecule has 2 N–H and O–H groups in total. The Labute approximate surface area is 77.5 Å². The highest BCUT2D eigenvalue weighted by Gasteiger charge is 1.96. The van der Waals surface area contributed by atoms with Gasteiger partial charge in [0.15, 0.2) is 0 Å². The number of aryl methyl sites for hydroxylation is 1. The van der Waals surface area contributed by atoms with Crippen molar-refractivity contribution in [3.8, 4) is 0 Å². The largest absolute Gasteiger partial charge is 0.327 e. The van der Waals surface area contributed by atoms with Crippen LogP contribution >= 0.6 is 0 Å². The van der Waals surface area contributed by atoms with Gasteiger partial charge in [0.25, 0.3) is 5.56 Å². The van der Waals surface area contributed by atoms with E-state index in [0.717, 1.165) is 11.1 Å². The standard InChI is InChI=1S/C10H14N2O/c1-8-3-4-12(10(13)5-8)7-9(2)6-11/h3-5H,2,6-7,11H2,1H3. The van der Waals surface area contributed by atoms with Gasteiger partial charge in [0.2, 0.25) is 0 Å². The first kappa shape index (κ1) is 9.74. The first-order chi connectivity index (χ1) is 6.13. The monoisotopic (exact) mass is 178 g/mol. The van der Waals surface area contributed by atoms with Crippen molar-refractivity contribution in [1.29, 1.82) is 0 Å². The molecule has 0 aromatic carbocycles. The van der Waals surface area contributed by atoms with Gasteiger partial charge in [-0.15, -0.1) is 0 Å². The molecule has 0 aliphatic rings. The van der Waals surface area contributed by atoms with Gasteiger partial charge in [0, 0.05) is 25.4 Å². The van der Waals surface area contributed by atoms with Gasteiger partial charge in [-0.1, -0.05) is 6.58 Å². The lowest BCUT2D eigenvalue weighted by molar-refractivity contribution is 0.734. The van der Waals surface area contributed by atoms with Crippen molar-refractivity contribution in [3.63, 3.8) is 0 Å². The molecule has 0 amide bonds. The summed E-state index contributed by atoms with van der Waals surface area (Å²) < 4.78 is 1.60. The average Bonchev–Trinajstić information content (AvgIpc) is 2.09. The normalized spacial score (nSPS) is 10.0. The van der Waals surface area contributed by atoms with Crippen molar-refractivity contribution in [3.05, 3.63) is 46.4 Å². The fraction of sp³-hybridized carbons (Fsp3) is 0.300. The second-order valence-corrected chi connectivity index (χ2v) is 3.12. The Balaban J connectivity index is 2.90. The van der Waals surface area contributed by atoms with E-state index in [1.807, 2.05) is 13.0 Å². The van der Waals surface area contributed by atoms with E-state index in [4.69, 9.17) is 5.73 Å². The summed E-state index contributed by atoms with van der Waals surface area (Å²) in [5.74, 6) is 0. The molecule has 0 saturated carbocycles. The van der Waals surface area contributed by atoms with Crippen LogP contribution in [0.1, 0.15) is 5.56 Å². The van der Waals surface area contributed by atoms with Crippen LogP contribution in [0.2, 0.25) is 0 Å². The van der Waals surface area contributed by atoms with Crippen LogP contribution in [0.5, 0.6) is 0 Å². The van der Waals surface area contributed by atoms with Crippen molar-refractivity contribution >= 4 is 0 Å². The molecule has 1 rings (SSSR count). The summed E-state index contributed by atoms with van der Waals surface area (Å²) in [7, 11) is 0. The number of aromatic nitrogens is 1. The lowest BCUT2D eigenvalue weighted by Crippen LogP contribution is -2.21. The minimum Gasteiger partial charge on any atom is -0.327 e. The summed E-state index contributed by atoms with van der Waals surface area (Å²) in [5.41, 5.74) is 7.20. The molecule has 0 radical (unpaired) electrons. The fourth-order valence-electron chi connectivity index (χ4n) is 1.04. The summed E-state index contributed by atoms with van der Waals surface area (Å²) in [6.07, 6.45) is 1.76. The maximum atomic E-state index is 11.4. The summed E-state index contributed by atoms with van der Waals surface area (Å²) in [4.78, 5) is 11.4. The van der Waals surface area contributed by atoms with E-state index in [9.17, 15) is 4.79 Å². The zero-order valence-electron chi connectivity index (χ0n) is 7.79. The van der Waals surface area contributed by atoms with Gasteiger partial charge in [-0.25, -0.2) is 0 Å².